The molecule has 152 valence electrons. The summed E-state index contributed by atoms with van der Waals surface area (Å²) >= 11 is 1.41. The molecule has 0 saturated carbocycles. The molecule has 31 heavy (non-hydrogen) atoms. The molecule has 0 saturated heterocycles. The molecule has 0 fully saturated rings. The molecule has 0 aliphatic heterocycles. The minimum absolute atomic E-state index is 0.337. The first-order valence-electron chi connectivity index (χ1n) is 9.54. The fraction of sp³-hybridized carbons (Fsp3) is 0.0909. The van der Waals surface area contributed by atoms with E-state index in [4.69, 9.17) is 4.98 Å². The van der Waals surface area contributed by atoms with Gasteiger partial charge in [0.1, 0.15) is 0 Å². The van der Waals surface area contributed by atoms with Gasteiger partial charge >= 0.3 is 0 Å². The van der Waals surface area contributed by atoms with Crippen LogP contribution in [0.3, 0.4) is 0 Å². The van der Waals surface area contributed by atoms with Crippen molar-refractivity contribution in [2.75, 3.05) is 0 Å². The van der Waals surface area contributed by atoms with E-state index in [1.165, 1.54) is 11.3 Å². The van der Waals surface area contributed by atoms with Crippen molar-refractivity contribution >= 4 is 28.3 Å². The molecule has 5 aromatic heterocycles. The van der Waals surface area contributed by atoms with E-state index in [9.17, 15) is 4.79 Å². The second kappa shape index (κ2) is 8.04. The molecular formula is C22H17N7OS. The van der Waals surface area contributed by atoms with Gasteiger partial charge in [0, 0.05) is 49.0 Å². The summed E-state index contributed by atoms with van der Waals surface area (Å²) < 4.78 is 3.59. The van der Waals surface area contributed by atoms with Gasteiger partial charge < -0.3 is 4.57 Å². The lowest BCUT2D eigenvalue weighted by Crippen LogP contribution is -2.13. The molecular weight excluding hydrogens is 410 g/mol. The third kappa shape index (κ3) is 3.78. The zero-order valence-corrected chi connectivity index (χ0v) is 17.4. The van der Waals surface area contributed by atoms with Gasteiger partial charge in [0.2, 0.25) is 0 Å². The number of carbonyl (C=O) groups excluding carboxylic acids is 1. The predicted molar refractivity (Wildman–Crippen MR) is 117 cm³/mol. The van der Waals surface area contributed by atoms with E-state index in [2.05, 4.69) is 20.1 Å². The quantitative estimate of drug-likeness (QED) is 0.440. The highest BCUT2D eigenvalue weighted by Gasteiger charge is 2.18. The number of pyridine rings is 3. The maximum atomic E-state index is 13.2. The van der Waals surface area contributed by atoms with Gasteiger partial charge in [-0.15, -0.1) is 11.3 Å². The summed E-state index contributed by atoms with van der Waals surface area (Å²) in [7, 11) is 1.86. The molecule has 0 unspecified atom stereocenters. The number of hydrogen-bond donors (Lipinski definition) is 0. The second-order valence-corrected chi connectivity index (χ2v) is 7.78. The first-order chi connectivity index (χ1) is 15.2. The van der Waals surface area contributed by atoms with Crippen LogP contribution in [0.4, 0.5) is 0 Å². The van der Waals surface area contributed by atoms with Gasteiger partial charge in [-0.1, -0.05) is 6.07 Å². The van der Waals surface area contributed by atoms with Crippen molar-refractivity contribution < 1.29 is 4.79 Å². The van der Waals surface area contributed by atoms with Gasteiger partial charge in [-0.05, 0) is 29.8 Å². The van der Waals surface area contributed by atoms with Crippen LogP contribution in [0.1, 0.15) is 15.9 Å². The van der Waals surface area contributed by atoms with Crippen molar-refractivity contribution in [2.24, 2.45) is 12.0 Å². The Morgan fingerprint density at radius 3 is 2.68 bits per heavy atom. The van der Waals surface area contributed by atoms with Gasteiger partial charge in [-0.2, -0.15) is 10.1 Å². The highest BCUT2D eigenvalue weighted by Crippen LogP contribution is 2.25. The van der Waals surface area contributed by atoms with E-state index in [1.807, 2.05) is 47.5 Å². The molecule has 5 heterocycles. The molecule has 0 spiro atoms. The van der Waals surface area contributed by atoms with Crippen molar-refractivity contribution in [1.82, 2.24) is 29.3 Å². The summed E-state index contributed by atoms with van der Waals surface area (Å²) in [6.45, 7) is 0.492. The smallest absolute Gasteiger partial charge is 0.280 e. The van der Waals surface area contributed by atoms with Crippen LogP contribution < -0.4 is 4.80 Å². The van der Waals surface area contributed by atoms with Crippen molar-refractivity contribution in [1.29, 1.82) is 0 Å². The van der Waals surface area contributed by atoms with Crippen LogP contribution in [0.5, 0.6) is 0 Å². The zero-order valence-electron chi connectivity index (χ0n) is 16.6. The predicted octanol–water partition coefficient (Wildman–Crippen LogP) is 3.08. The van der Waals surface area contributed by atoms with E-state index in [1.54, 1.807) is 41.7 Å². The Hall–Kier alpha value is -3.98. The maximum Gasteiger partial charge on any atom is 0.280 e. The lowest BCUT2D eigenvalue weighted by molar-refractivity contribution is 0.0999. The summed E-state index contributed by atoms with van der Waals surface area (Å²) in [5, 5.41) is 7.04. The van der Waals surface area contributed by atoms with Crippen LogP contribution in [0.2, 0.25) is 0 Å². The first kappa shape index (κ1) is 19.0. The number of nitrogens with zero attached hydrogens (tertiary/aromatic N) is 7. The number of aryl methyl sites for hydroxylation is 1. The Labute approximate surface area is 181 Å². The summed E-state index contributed by atoms with van der Waals surface area (Å²) in [4.78, 5) is 31.3. The maximum absolute atomic E-state index is 13.2. The molecule has 0 atom stereocenters. The standard InChI is InChI=1S/C22H17N7OS/c1-28-8-9-31-22(28)27-21(30)17-10-19(16-5-3-7-24-12-16)26-20-18(17)13-25-29(20)14-15-4-2-6-23-11-15/h2-13H,14H2,1H3. The minimum atomic E-state index is -0.337. The molecule has 0 aromatic carbocycles. The largest absolute Gasteiger partial charge is 0.327 e. The van der Waals surface area contributed by atoms with E-state index >= 15 is 0 Å². The first-order valence-corrected chi connectivity index (χ1v) is 10.4. The number of thiazole rings is 1. The van der Waals surface area contributed by atoms with Gasteiger partial charge in [-0.3, -0.25) is 14.8 Å². The van der Waals surface area contributed by atoms with Crippen LogP contribution in [-0.4, -0.2) is 35.2 Å². The topological polar surface area (TPSA) is 90.9 Å². The van der Waals surface area contributed by atoms with Crippen molar-refractivity contribution in [3.63, 3.8) is 0 Å². The van der Waals surface area contributed by atoms with E-state index < -0.39 is 0 Å². The SMILES string of the molecule is Cn1ccsc1=NC(=O)c1cc(-c2cccnc2)nc2c1cnn2Cc1cccnc1. The molecule has 5 aromatic rings. The highest BCUT2D eigenvalue weighted by molar-refractivity contribution is 7.07. The van der Waals surface area contributed by atoms with Gasteiger partial charge in [-0.25, -0.2) is 9.67 Å². The van der Waals surface area contributed by atoms with Crippen LogP contribution in [0, 0.1) is 0 Å². The zero-order chi connectivity index (χ0) is 21.2. The number of amides is 1. The number of fused-ring (bicyclic) bond motifs is 1. The summed E-state index contributed by atoms with van der Waals surface area (Å²) in [5.41, 5.74) is 3.51. The van der Waals surface area contributed by atoms with Gasteiger partial charge in [0.15, 0.2) is 10.4 Å². The Balaban J connectivity index is 1.68. The highest BCUT2D eigenvalue weighted by atomic mass is 32.1. The van der Waals surface area contributed by atoms with Crippen LogP contribution >= 0.6 is 11.3 Å². The molecule has 5 rings (SSSR count). The minimum Gasteiger partial charge on any atom is -0.327 e. The third-order valence-electron chi connectivity index (χ3n) is 4.81. The average Bonchev–Trinajstić information content (AvgIpc) is 3.40. The average molecular weight is 427 g/mol. The third-order valence-corrected chi connectivity index (χ3v) is 5.66. The normalized spacial score (nSPS) is 11.8. The number of hydrogen-bond acceptors (Lipinski definition) is 6. The van der Waals surface area contributed by atoms with Crippen molar-refractivity contribution in [3.8, 4) is 11.3 Å². The fourth-order valence-corrected chi connectivity index (χ4v) is 3.98. The number of aromatic nitrogens is 6. The van der Waals surface area contributed by atoms with E-state index in [-0.39, 0.29) is 5.91 Å². The molecule has 8 nitrogen and oxygen atoms in total. The molecule has 1 amide bonds. The molecule has 0 aliphatic rings. The lowest BCUT2D eigenvalue weighted by Gasteiger charge is -2.07. The molecule has 9 heteroatoms. The van der Waals surface area contributed by atoms with E-state index in [0.717, 1.165) is 11.1 Å². The van der Waals surface area contributed by atoms with Gasteiger partial charge in [0.25, 0.3) is 5.91 Å². The Bertz CT molecular complexity index is 1440. The Kier molecular flexibility index (Phi) is 4.93. The van der Waals surface area contributed by atoms with Gasteiger partial charge in [0.05, 0.1) is 29.4 Å². The van der Waals surface area contributed by atoms with E-state index in [0.29, 0.717) is 33.6 Å². The summed E-state index contributed by atoms with van der Waals surface area (Å²) in [6.07, 6.45) is 10.5. The lowest BCUT2D eigenvalue weighted by atomic mass is 10.1. The molecule has 0 aliphatic carbocycles. The molecule has 0 N–H and O–H groups in total. The fourth-order valence-electron chi connectivity index (χ4n) is 3.25. The molecule has 0 radical (unpaired) electrons. The van der Waals surface area contributed by atoms with Crippen molar-refractivity contribution in [2.45, 2.75) is 6.54 Å². The Morgan fingerprint density at radius 1 is 1.13 bits per heavy atom. The Morgan fingerprint density at radius 2 is 1.97 bits per heavy atom. The second-order valence-electron chi connectivity index (χ2n) is 6.91. The summed E-state index contributed by atoms with van der Waals surface area (Å²) in [6, 6.07) is 9.36. The van der Waals surface area contributed by atoms with Crippen LogP contribution in [0.25, 0.3) is 22.3 Å². The number of rotatable bonds is 4. The summed E-state index contributed by atoms with van der Waals surface area (Å²) in [5.74, 6) is -0.337. The number of carbonyl (C=O) groups is 1. The van der Waals surface area contributed by atoms with Crippen LogP contribution in [0.15, 0.2) is 77.9 Å². The molecule has 0 bridgehead atoms. The monoisotopic (exact) mass is 427 g/mol. The van der Waals surface area contributed by atoms with Crippen LogP contribution in [-0.2, 0) is 13.6 Å². The van der Waals surface area contributed by atoms with Crippen molar-refractivity contribution in [3.05, 3.63) is 88.8 Å².